The molecule has 4 nitrogen and oxygen atoms in total. The van der Waals surface area contributed by atoms with Crippen LogP contribution in [0.15, 0.2) is 48.5 Å². The fourth-order valence-electron chi connectivity index (χ4n) is 3.94. The van der Waals surface area contributed by atoms with Crippen LogP contribution in [-0.4, -0.2) is 12.9 Å². The highest BCUT2D eigenvalue weighted by atomic mass is 16.5. The van der Waals surface area contributed by atoms with E-state index in [1.807, 2.05) is 60.7 Å². The Kier molecular flexibility index (Phi) is 3.76. The molecule has 0 amide bonds. The summed E-state index contributed by atoms with van der Waals surface area (Å²) in [5, 5.41) is 23.0. The van der Waals surface area contributed by atoms with Crippen molar-refractivity contribution in [3.05, 3.63) is 59.3 Å². The Balaban J connectivity index is 2.53. The third-order valence-corrected chi connectivity index (χ3v) is 4.92. The Morgan fingerprint density at radius 2 is 1.52 bits per heavy atom. The van der Waals surface area contributed by atoms with Crippen LogP contribution in [0.1, 0.15) is 17.3 Å². The van der Waals surface area contributed by atoms with E-state index in [2.05, 4.69) is 0 Å². The quantitative estimate of drug-likeness (QED) is 0.507. The lowest BCUT2D eigenvalue weighted by molar-refractivity contribution is 0.101. The van der Waals surface area contributed by atoms with Crippen LogP contribution in [0.5, 0.6) is 5.75 Å². The summed E-state index contributed by atoms with van der Waals surface area (Å²) in [6, 6.07) is 19.4. The van der Waals surface area contributed by atoms with Gasteiger partial charge < -0.3 is 4.74 Å². The summed E-state index contributed by atoms with van der Waals surface area (Å²) in [4.78, 5) is 12.5. The first-order valence-electron chi connectivity index (χ1n) is 8.42. The van der Waals surface area contributed by atoms with E-state index in [-0.39, 0.29) is 11.4 Å². The van der Waals surface area contributed by atoms with Crippen molar-refractivity contribution in [2.24, 2.45) is 0 Å². The van der Waals surface area contributed by atoms with Crippen LogP contribution in [0.2, 0.25) is 0 Å². The number of hydrogen-bond donors (Lipinski definition) is 0. The van der Waals surface area contributed by atoms with Gasteiger partial charge in [0, 0.05) is 16.2 Å². The van der Waals surface area contributed by atoms with Gasteiger partial charge in [-0.05, 0) is 28.6 Å². The lowest BCUT2D eigenvalue weighted by Gasteiger charge is -2.09. The van der Waals surface area contributed by atoms with Crippen molar-refractivity contribution in [3.8, 4) is 29.0 Å². The largest absolute Gasteiger partial charge is 0.495 e. The van der Waals surface area contributed by atoms with Crippen molar-refractivity contribution < 1.29 is 9.53 Å². The third-order valence-electron chi connectivity index (χ3n) is 4.92. The molecule has 0 spiro atoms. The molecule has 0 saturated carbocycles. The first-order chi connectivity index (χ1) is 13.1. The van der Waals surface area contributed by atoms with Crippen molar-refractivity contribution in [2.45, 2.75) is 6.92 Å². The summed E-state index contributed by atoms with van der Waals surface area (Å²) < 4.78 is 5.64. The molecule has 2 aromatic carbocycles. The Labute approximate surface area is 155 Å². The summed E-state index contributed by atoms with van der Waals surface area (Å²) >= 11 is 0. The third kappa shape index (κ3) is 2.18. The van der Waals surface area contributed by atoms with Crippen LogP contribution in [0.3, 0.4) is 0 Å². The van der Waals surface area contributed by atoms with Gasteiger partial charge in [-0.1, -0.05) is 48.5 Å². The zero-order chi connectivity index (χ0) is 19.1. The first-order valence-corrected chi connectivity index (χ1v) is 8.42. The zero-order valence-electron chi connectivity index (χ0n) is 14.8. The van der Waals surface area contributed by atoms with Gasteiger partial charge in [0.25, 0.3) is 0 Å². The molecule has 2 aliphatic carbocycles. The van der Waals surface area contributed by atoms with E-state index in [1.165, 1.54) is 14.0 Å². The van der Waals surface area contributed by atoms with Crippen LogP contribution in [0, 0.1) is 22.7 Å². The normalized spacial score (nSPS) is 10.7. The second kappa shape index (κ2) is 6.12. The van der Waals surface area contributed by atoms with Crippen LogP contribution >= 0.6 is 0 Å². The molecular formula is C23H14N2O2. The van der Waals surface area contributed by atoms with Gasteiger partial charge >= 0.3 is 0 Å². The number of carbonyl (C=O) groups is 1. The maximum absolute atomic E-state index is 12.5. The summed E-state index contributed by atoms with van der Waals surface area (Å²) in [5.74, 6) is 0.290. The van der Waals surface area contributed by atoms with Gasteiger partial charge in [0.2, 0.25) is 0 Å². The Morgan fingerprint density at radius 3 is 2.11 bits per heavy atom. The van der Waals surface area contributed by atoms with Crippen molar-refractivity contribution in [1.29, 1.82) is 10.5 Å². The fourth-order valence-corrected chi connectivity index (χ4v) is 3.94. The Hall–Kier alpha value is -3.89. The molecule has 4 heteroatoms. The van der Waals surface area contributed by atoms with E-state index in [1.54, 1.807) is 0 Å². The SMILES string of the molecule is COc1c(C(C)=O)c2ccccc3c-2c1c(=C(C#N)C#N)c1ccccc31. The summed E-state index contributed by atoms with van der Waals surface area (Å²) in [7, 11) is 1.51. The number of ether oxygens (including phenoxy) is 1. The number of nitrogens with zero attached hydrogens (tertiary/aromatic N) is 2. The predicted octanol–water partition coefficient (Wildman–Crippen LogP) is 4.23. The van der Waals surface area contributed by atoms with Gasteiger partial charge in [-0.3, -0.25) is 4.79 Å². The molecule has 0 radical (unpaired) electrons. The molecule has 27 heavy (non-hydrogen) atoms. The van der Waals surface area contributed by atoms with Gasteiger partial charge in [-0.2, -0.15) is 10.5 Å². The predicted molar refractivity (Wildman–Crippen MR) is 104 cm³/mol. The molecule has 4 rings (SSSR count). The average molecular weight is 350 g/mol. The van der Waals surface area contributed by atoms with Crippen LogP contribution in [0.25, 0.3) is 38.2 Å². The molecule has 0 heterocycles. The first kappa shape index (κ1) is 16.6. The maximum atomic E-state index is 12.5. The number of methoxy groups -OCH3 is 1. The number of rotatable bonds is 2. The number of Topliss-reactive ketones (excluding diaryl/α,β-unsaturated/α-hetero) is 1. The highest BCUT2D eigenvalue weighted by Crippen LogP contribution is 2.46. The topological polar surface area (TPSA) is 73.9 Å². The maximum Gasteiger partial charge on any atom is 0.164 e. The van der Waals surface area contributed by atoms with Gasteiger partial charge in [-0.25, -0.2) is 0 Å². The average Bonchev–Trinajstić information content (AvgIpc) is 2.85. The van der Waals surface area contributed by atoms with Gasteiger partial charge in [0.15, 0.2) is 5.78 Å². The molecule has 0 atom stereocenters. The van der Waals surface area contributed by atoms with Gasteiger partial charge in [-0.15, -0.1) is 0 Å². The van der Waals surface area contributed by atoms with Gasteiger partial charge in [0.1, 0.15) is 23.5 Å². The molecule has 0 bridgehead atoms. The van der Waals surface area contributed by atoms with E-state index in [9.17, 15) is 15.3 Å². The highest BCUT2D eigenvalue weighted by Gasteiger charge is 2.28. The van der Waals surface area contributed by atoms with Gasteiger partial charge in [0.05, 0.1) is 12.7 Å². The van der Waals surface area contributed by atoms with Crippen molar-refractivity contribution in [1.82, 2.24) is 0 Å². The Bertz CT molecular complexity index is 1340. The smallest absolute Gasteiger partial charge is 0.164 e. The minimum Gasteiger partial charge on any atom is -0.495 e. The van der Waals surface area contributed by atoms with Crippen molar-refractivity contribution >= 4 is 32.9 Å². The van der Waals surface area contributed by atoms with Crippen LogP contribution in [-0.2, 0) is 0 Å². The van der Waals surface area contributed by atoms with E-state index < -0.39 is 0 Å². The van der Waals surface area contributed by atoms with Crippen LogP contribution < -0.4 is 9.96 Å². The fraction of sp³-hybridized carbons (Fsp3) is 0.0870. The second-order valence-corrected chi connectivity index (χ2v) is 6.28. The summed E-state index contributed by atoms with van der Waals surface area (Å²) in [6.07, 6.45) is 0. The molecular weight excluding hydrogens is 336 g/mol. The minimum absolute atomic E-state index is 0.0000850. The minimum atomic E-state index is -0.124. The second-order valence-electron chi connectivity index (χ2n) is 6.28. The molecule has 0 saturated heterocycles. The monoisotopic (exact) mass is 350 g/mol. The van der Waals surface area contributed by atoms with Crippen molar-refractivity contribution in [3.63, 3.8) is 0 Å². The molecule has 0 N–H and O–H groups in total. The number of fused-ring (bicyclic) bond motifs is 2. The molecule has 0 unspecified atom stereocenters. The van der Waals surface area contributed by atoms with E-state index in [4.69, 9.17) is 4.74 Å². The zero-order valence-corrected chi connectivity index (χ0v) is 14.8. The number of carbonyl (C=O) groups excluding carboxylic acids is 1. The number of ketones is 1. The number of nitriles is 2. The molecule has 2 aliphatic rings. The molecule has 2 aromatic rings. The lowest BCUT2D eigenvalue weighted by atomic mass is 9.93. The van der Waals surface area contributed by atoms with E-state index in [0.29, 0.717) is 21.9 Å². The summed E-state index contributed by atoms with van der Waals surface area (Å²) in [6.45, 7) is 1.50. The van der Waals surface area contributed by atoms with E-state index in [0.717, 1.165) is 27.3 Å². The van der Waals surface area contributed by atoms with Crippen LogP contribution in [0.4, 0.5) is 0 Å². The molecule has 0 fully saturated rings. The Morgan fingerprint density at radius 1 is 0.926 bits per heavy atom. The molecule has 0 aromatic heterocycles. The molecule has 0 aliphatic heterocycles. The van der Waals surface area contributed by atoms with E-state index >= 15 is 0 Å². The standard InChI is InChI=1S/C23H14N2O2/c1-13(26)19-18-10-6-5-9-17-15-7-3-4-8-16(15)20(14(11-24)12-25)22(21(17)18)23(19)27-2/h3-10H,1-2H3. The summed E-state index contributed by atoms with van der Waals surface area (Å²) in [5.41, 5.74) is 2.07. The van der Waals surface area contributed by atoms with Crippen molar-refractivity contribution in [2.75, 3.05) is 7.11 Å². The lowest BCUT2D eigenvalue weighted by Crippen LogP contribution is -2.09. The highest BCUT2D eigenvalue weighted by molar-refractivity contribution is 6.23. The molecule has 128 valence electrons. The number of hydrogen-bond acceptors (Lipinski definition) is 4. The number of benzene rings is 2.